The molecule has 0 saturated heterocycles. The van der Waals surface area contributed by atoms with Crippen LogP contribution in [0.4, 0.5) is 5.69 Å². The van der Waals surface area contributed by atoms with E-state index < -0.39 is 0 Å². The van der Waals surface area contributed by atoms with E-state index in [0.29, 0.717) is 28.1 Å². The fourth-order valence-corrected chi connectivity index (χ4v) is 2.91. The van der Waals surface area contributed by atoms with Crippen LogP contribution in [0, 0.1) is 18.3 Å². The number of rotatable bonds is 6. The van der Waals surface area contributed by atoms with E-state index in [1.165, 1.54) is 11.8 Å². The van der Waals surface area contributed by atoms with Crippen LogP contribution in [0.1, 0.15) is 17.5 Å². The van der Waals surface area contributed by atoms with Gasteiger partial charge in [0.15, 0.2) is 0 Å². The van der Waals surface area contributed by atoms with Gasteiger partial charge in [-0.3, -0.25) is 4.79 Å². The summed E-state index contributed by atoms with van der Waals surface area (Å²) in [7, 11) is 0. The number of thioether (sulfide) groups is 1. The Morgan fingerprint density at radius 1 is 1.19 bits per heavy atom. The average Bonchev–Trinajstić information content (AvgIpc) is 3.11. The summed E-state index contributed by atoms with van der Waals surface area (Å²) in [4.78, 5) is 12.0. The first-order chi connectivity index (χ1) is 12.7. The molecule has 3 rings (SSSR count). The number of hydrogen-bond donors (Lipinski definition) is 1. The number of amides is 1. The van der Waals surface area contributed by atoms with Crippen LogP contribution < -0.4 is 5.32 Å². The number of nitrogens with one attached hydrogen (secondary N) is 1. The fourth-order valence-electron chi connectivity index (χ4n) is 2.21. The van der Waals surface area contributed by atoms with Gasteiger partial charge in [0.05, 0.1) is 11.3 Å². The van der Waals surface area contributed by atoms with Crippen molar-refractivity contribution < 1.29 is 9.21 Å². The molecule has 7 heteroatoms. The van der Waals surface area contributed by atoms with Gasteiger partial charge in [-0.2, -0.15) is 5.26 Å². The van der Waals surface area contributed by atoms with Crippen LogP contribution in [-0.2, 0) is 4.79 Å². The molecule has 26 heavy (non-hydrogen) atoms. The molecule has 0 bridgehead atoms. The molecule has 0 aliphatic rings. The van der Waals surface area contributed by atoms with Crippen molar-refractivity contribution in [2.75, 3.05) is 11.1 Å². The number of carbonyl (C=O) groups is 1. The first-order valence-corrected chi connectivity index (χ1v) is 8.96. The van der Waals surface area contributed by atoms with Gasteiger partial charge in [0.2, 0.25) is 11.8 Å². The van der Waals surface area contributed by atoms with E-state index in [9.17, 15) is 4.79 Å². The van der Waals surface area contributed by atoms with Crippen LogP contribution in [0.25, 0.3) is 11.5 Å². The monoisotopic (exact) mass is 364 g/mol. The van der Waals surface area contributed by atoms with E-state index in [1.807, 2.05) is 31.2 Å². The summed E-state index contributed by atoms with van der Waals surface area (Å²) < 4.78 is 5.61. The third-order valence-corrected chi connectivity index (χ3v) is 4.40. The van der Waals surface area contributed by atoms with Crippen LogP contribution in [0.5, 0.6) is 0 Å². The lowest BCUT2D eigenvalue weighted by Gasteiger charge is -2.05. The Labute approximate surface area is 155 Å². The molecule has 1 heterocycles. The fraction of sp³-hybridized carbons (Fsp3) is 0.158. The second kappa shape index (κ2) is 8.32. The Morgan fingerprint density at radius 2 is 1.96 bits per heavy atom. The molecule has 0 radical (unpaired) electrons. The molecule has 2 aromatic carbocycles. The van der Waals surface area contributed by atoms with E-state index in [-0.39, 0.29) is 12.3 Å². The molecule has 1 N–H and O–H groups in total. The molecule has 130 valence electrons. The Bertz CT molecular complexity index is 945. The third kappa shape index (κ3) is 4.49. The summed E-state index contributed by atoms with van der Waals surface area (Å²) in [6, 6.07) is 16.8. The number of nitrogens with zero attached hydrogens (tertiary/aromatic N) is 3. The largest absolute Gasteiger partial charge is 0.411 e. The van der Waals surface area contributed by atoms with E-state index in [0.717, 1.165) is 11.1 Å². The number of nitriles is 1. The van der Waals surface area contributed by atoms with Crippen LogP contribution in [0.2, 0.25) is 0 Å². The molecule has 0 aliphatic heterocycles. The summed E-state index contributed by atoms with van der Waals surface area (Å²) >= 11 is 1.32. The van der Waals surface area contributed by atoms with Crippen molar-refractivity contribution >= 4 is 23.4 Å². The van der Waals surface area contributed by atoms with Gasteiger partial charge in [-0.15, -0.1) is 10.2 Å². The van der Waals surface area contributed by atoms with Crippen molar-refractivity contribution in [3.63, 3.8) is 0 Å². The highest BCUT2D eigenvalue weighted by Gasteiger charge is 2.11. The predicted molar refractivity (Wildman–Crippen MR) is 99.6 cm³/mol. The van der Waals surface area contributed by atoms with Gasteiger partial charge in [-0.25, -0.2) is 0 Å². The molecule has 0 aliphatic carbocycles. The first kappa shape index (κ1) is 17.7. The van der Waals surface area contributed by atoms with Crippen molar-refractivity contribution in [3.05, 3.63) is 59.7 Å². The second-order valence-electron chi connectivity index (χ2n) is 5.54. The van der Waals surface area contributed by atoms with E-state index in [1.54, 1.807) is 24.3 Å². The first-order valence-electron chi connectivity index (χ1n) is 7.98. The summed E-state index contributed by atoms with van der Waals surface area (Å²) in [5.41, 5.74) is 2.98. The molecule has 3 aromatic rings. The topological polar surface area (TPSA) is 91.8 Å². The highest BCUT2D eigenvalue weighted by molar-refractivity contribution is 7.99. The standard InChI is InChI=1S/C19H16N4O2S/c1-13-6-8-14(9-7-13)18-22-23-19(25-18)26-11-10-17(24)21-16-5-3-2-4-15(16)12-20/h2-9H,10-11H2,1H3,(H,21,24). The number of benzene rings is 2. The van der Waals surface area contributed by atoms with Crippen molar-refractivity contribution in [1.82, 2.24) is 10.2 Å². The minimum absolute atomic E-state index is 0.168. The summed E-state index contributed by atoms with van der Waals surface area (Å²) in [6.07, 6.45) is 0.271. The summed E-state index contributed by atoms with van der Waals surface area (Å²) in [5, 5.41) is 20.2. The number of anilines is 1. The number of para-hydroxylation sites is 1. The van der Waals surface area contributed by atoms with E-state index >= 15 is 0 Å². The second-order valence-corrected chi connectivity index (χ2v) is 6.59. The smallest absolute Gasteiger partial charge is 0.276 e. The minimum atomic E-state index is -0.168. The maximum absolute atomic E-state index is 12.0. The highest BCUT2D eigenvalue weighted by Crippen LogP contribution is 2.24. The lowest BCUT2D eigenvalue weighted by atomic mass is 10.1. The van der Waals surface area contributed by atoms with E-state index in [2.05, 4.69) is 21.6 Å². The summed E-state index contributed by atoms with van der Waals surface area (Å²) in [5.74, 6) is 0.786. The lowest BCUT2D eigenvalue weighted by molar-refractivity contribution is -0.115. The lowest BCUT2D eigenvalue weighted by Crippen LogP contribution is -2.13. The van der Waals surface area contributed by atoms with Crippen LogP contribution in [-0.4, -0.2) is 21.9 Å². The van der Waals surface area contributed by atoms with Crippen molar-refractivity contribution in [1.29, 1.82) is 5.26 Å². The molecular weight excluding hydrogens is 348 g/mol. The van der Waals surface area contributed by atoms with Gasteiger partial charge in [0.1, 0.15) is 6.07 Å². The van der Waals surface area contributed by atoms with Gasteiger partial charge in [0, 0.05) is 17.7 Å². The Balaban J connectivity index is 1.51. The summed E-state index contributed by atoms with van der Waals surface area (Å²) in [6.45, 7) is 2.01. The Morgan fingerprint density at radius 3 is 2.73 bits per heavy atom. The zero-order valence-electron chi connectivity index (χ0n) is 14.1. The molecule has 6 nitrogen and oxygen atoms in total. The zero-order valence-corrected chi connectivity index (χ0v) is 14.9. The van der Waals surface area contributed by atoms with Gasteiger partial charge in [-0.1, -0.05) is 41.6 Å². The van der Waals surface area contributed by atoms with Gasteiger partial charge in [0.25, 0.3) is 5.22 Å². The minimum Gasteiger partial charge on any atom is -0.411 e. The number of hydrogen-bond acceptors (Lipinski definition) is 6. The van der Waals surface area contributed by atoms with Gasteiger partial charge < -0.3 is 9.73 Å². The Hall–Kier alpha value is -3.11. The number of carbonyl (C=O) groups excluding carboxylic acids is 1. The predicted octanol–water partition coefficient (Wildman–Crippen LogP) is 4.04. The molecule has 0 fully saturated rings. The molecular formula is C19H16N4O2S. The average molecular weight is 364 g/mol. The molecule has 0 spiro atoms. The quantitative estimate of drug-likeness (QED) is 0.664. The molecule has 0 saturated carbocycles. The molecule has 1 aromatic heterocycles. The normalized spacial score (nSPS) is 10.3. The Kier molecular flexibility index (Phi) is 5.66. The van der Waals surface area contributed by atoms with Gasteiger partial charge in [-0.05, 0) is 31.2 Å². The van der Waals surface area contributed by atoms with Gasteiger partial charge >= 0.3 is 0 Å². The number of aromatic nitrogens is 2. The van der Waals surface area contributed by atoms with Crippen molar-refractivity contribution in [3.8, 4) is 17.5 Å². The van der Waals surface area contributed by atoms with Crippen LogP contribution in [0.15, 0.2) is 58.2 Å². The molecule has 0 unspecified atom stereocenters. The third-order valence-electron chi connectivity index (χ3n) is 3.58. The van der Waals surface area contributed by atoms with Crippen molar-refractivity contribution in [2.45, 2.75) is 18.6 Å². The molecule has 0 atom stereocenters. The highest BCUT2D eigenvalue weighted by atomic mass is 32.2. The molecule has 1 amide bonds. The number of aryl methyl sites for hydroxylation is 1. The van der Waals surface area contributed by atoms with Crippen molar-refractivity contribution in [2.24, 2.45) is 0 Å². The zero-order chi connectivity index (χ0) is 18.4. The van der Waals surface area contributed by atoms with Crippen LogP contribution >= 0.6 is 11.8 Å². The maximum atomic E-state index is 12.0. The van der Waals surface area contributed by atoms with E-state index in [4.69, 9.17) is 9.68 Å². The van der Waals surface area contributed by atoms with Crippen LogP contribution in [0.3, 0.4) is 0 Å². The SMILES string of the molecule is Cc1ccc(-c2nnc(SCCC(=O)Nc3ccccc3C#N)o2)cc1. The maximum Gasteiger partial charge on any atom is 0.276 e.